The molecule has 4 heteroatoms. The normalized spacial score (nSPS) is 24.4. The molecule has 0 radical (unpaired) electrons. The first kappa shape index (κ1) is 13.9. The van der Waals surface area contributed by atoms with Crippen molar-refractivity contribution in [3.05, 3.63) is 16.4 Å². The van der Waals surface area contributed by atoms with Crippen molar-refractivity contribution in [2.24, 2.45) is 13.0 Å². The predicted octanol–water partition coefficient (Wildman–Crippen LogP) is 3.44. The topological polar surface area (TPSA) is 29.9 Å². The molecule has 1 aliphatic rings. The highest BCUT2D eigenvalue weighted by Crippen LogP contribution is 2.27. The zero-order valence-electron chi connectivity index (χ0n) is 11.7. The van der Waals surface area contributed by atoms with E-state index in [1.54, 1.807) is 4.68 Å². The molecule has 1 N–H and O–H groups in total. The van der Waals surface area contributed by atoms with Crippen molar-refractivity contribution in [2.45, 2.75) is 58.5 Å². The Morgan fingerprint density at radius 2 is 2.22 bits per heavy atom. The summed E-state index contributed by atoms with van der Waals surface area (Å²) >= 11 is 6.25. The monoisotopic (exact) mass is 269 g/mol. The fourth-order valence-corrected chi connectivity index (χ4v) is 3.21. The summed E-state index contributed by atoms with van der Waals surface area (Å²) in [7, 11) is 1.90. The molecular weight excluding hydrogens is 246 g/mol. The van der Waals surface area contributed by atoms with Crippen molar-refractivity contribution in [1.29, 1.82) is 0 Å². The molecular formula is C14H24ClN3. The number of nitrogens with zero attached hydrogens (tertiary/aromatic N) is 2. The lowest BCUT2D eigenvalue weighted by Crippen LogP contribution is -2.33. The Hall–Kier alpha value is -0.540. The van der Waals surface area contributed by atoms with E-state index in [9.17, 15) is 0 Å². The number of nitrogens with one attached hydrogen (secondary N) is 1. The van der Waals surface area contributed by atoms with Crippen LogP contribution >= 0.6 is 11.6 Å². The molecule has 1 fully saturated rings. The average molecular weight is 270 g/mol. The highest BCUT2D eigenvalue weighted by atomic mass is 35.5. The lowest BCUT2D eigenvalue weighted by atomic mass is 9.84. The minimum atomic E-state index is 0.652. The number of halogens is 1. The van der Waals surface area contributed by atoms with Crippen LogP contribution in [0.4, 0.5) is 0 Å². The number of aromatic nitrogens is 2. The Labute approximate surface area is 115 Å². The van der Waals surface area contributed by atoms with E-state index >= 15 is 0 Å². The molecule has 3 nitrogen and oxygen atoms in total. The first-order chi connectivity index (χ1) is 8.61. The summed E-state index contributed by atoms with van der Waals surface area (Å²) < 4.78 is 1.75. The lowest BCUT2D eigenvalue weighted by molar-refractivity contribution is 0.278. The first-order valence-corrected chi connectivity index (χ1v) is 7.41. The van der Waals surface area contributed by atoms with Crippen molar-refractivity contribution in [3.8, 4) is 0 Å². The summed E-state index contributed by atoms with van der Waals surface area (Å²) in [6.07, 6.45) is 6.68. The minimum Gasteiger partial charge on any atom is -0.310 e. The number of hydrogen-bond donors (Lipinski definition) is 1. The van der Waals surface area contributed by atoms with Crippen LogP contribution in [0.15, 0.2) is 0 Å². The number of rotatable bonds is 4. The molecule has 0 bridgehead atoms. The maximum atomic E-state index is 6.25. The Balaban J connectivity index is 1.91. The minimum absolute atomic E-state index is 0.652. The van der Waals surface area contributed by atoms with Crippen LogP contribution in [0, 0.1) is 12.8 Å². The molecule has 0 amide bonds. The van der Waals surface area contributed by atoms with Gasteiger partial charge in [0.15, 0.2) is 0 Å². The van der Waals surface area contributed by atoms with Gasteiger partial charge in [0.25, 0.3) is 0 Å². The summed E-state index contributed by atoms with van der Waals surface area (Å²) in [5.41, 5.74) is 2.19. The van der Waals surface area contributed by atoms with Crippen LogP contribution in [0.1, 0.15) is 50.3 Å². The Morgan fingerprint density at radius 1 is 1.44 bits per heavy atom. The van der Waals surface area contributed by atoms with Crippen molar-refractivity contribution in [1.82, 2.24) is 15.1 Å². The van der Waals surface area contributed by atoms with E-state index in [-0.39, 0.29) is 0 Å². The van der Waals surface area contributed by atoms with Gasteiger partial charge in [-0.1, -0.05) is 37.8 Å². The van der Waals surface area contributed by atoms with Crippen LogP contribution in [0.25, 0.3) is 0 Å². The van der Waals surface area contributed by atoms with Gasteiger partial charge in [-0.25, -0.2) is 0 Å². The zero-order chi connectivity index (χ0) is 13.1. The van der Waals surface area contributed by atoms with Gasteiger partial charge < -0.3 is 5.32 Å². The van der Waals surface area contributed by atoms with Crippen molar-refractivity contribution >= 4 is 11.6 Å². The Morgan fingerprint density at radius 3 is 2.83 bits per heavy atom. The van der Waals surface area contributed by atoms with Crippen molar-refractivity contribution in [3.63, 3.8) is 0 Å². The van der Waals surface area contributed by atoms with Gasteiger partial charge >= 0.3 is 0 Å². The number of aryl methyl sites for hydroxylation is 2. The fourth-order valence-electron chi connectivity index (χ4n) is 2.97. The lowest BCUT2D eigenvalue weighted by Gasteiger charge is -2.29. The van der Waals surface area contributed by atoms with Crippen molar-refractivity contribution in [2.75, 3.05) is 0 Å². The maximum absolute atomic E-state index is 6.25. The molecule has 1 saturated carbocycles. The highest BCUT2D eigenvalue weighted by Gasteiger charge is 2.21. The largest absolute Gasteiger partial charge is 0.310 e. The second-order valence-electron chi connectivity index (χ2n) is 5.50. The quantitative estimate of drug-likeness (QED) is 0.907. The molecule has 0 spiro atoms. The van der Waals surface area contributed by atoms with Gasteiger partial charge in [-0.15, -0.1) is 0 Å². The van der Waals surface area contributed by atoms with Gasteiger partial charge in [0, 0.05) is 25.2 Å². The smallest absolute Gasteiger partial charge is 0.131 e. The highest BCUT2D eigenvalue weighted by molar-refractivity contribution is 6.30. The molecule has 102 valence electrons. The summed E-state index contributed by atoms with van der Waals surface area (Å²) in [4.78, 5) is 0. The van der Waals surface area contributed by atoms with Gasteiger partial charge in [-0.2, -0.15) is 5.10 Å². The molecule has 1 aromatic heterocycles. The average Bonchev–Trinajstić information content (AvgIpc) is 2.61. The molecule has 0 aliphatic heterocycles. The Kier molecular flexibility index (Phi) is 4.68. The van der Waals surface area contributed by atoms with E-state index in [4.69, 9.17) is 11.6 Å². The van der Waals surface area contributed by atoms with Crippen LogP contribution in [0.3, 0.4) is 0 Å². The molecule has 18 heavy (non-hydrogen) atoms. The summed E-state index contributed by atoms with van der Waals surface area (Å²) in [5, 5.41) is 8.78. The van der Waals surface area contributed by atoms with E-state index in [1.165, 1.54) is 32.1 Å². The second kappa shape index (κ2) is 6.07. The van der Waals surface area contributed by atoms with E-state index in [1.807, 2.05) is 14.0 Å². The molecule has 2 rings (SSSR count). The first-order valence-electron chi connectivity index (χ1n) is 7.03. The second-order valence-corrected chi connectivity index (χ2v) is 5.86. The van der Waals surface area contributed by atoms with Gasteiger partial charge in [-0.05, 0) is 25.7 Å². The molecule has 1 aliphatic carbocycles. The van der Waals surface area contributed by atoms with Gasteiger partial charge in [0.2, 0.25) is 0 Å². The van der Waals surface area contributed by atoms with E-state index in [0.29, 0.717) is 6.04 Å². The predicted molar refractivity (Wildman–Crippen MR) is 75.8 cm³/mol. The summed E-state index contributed by atoms with van der Waals surface area (Å²) in [5.74, 6) is 0.904. The summed E-state index contributed by atoms with van der Waals surface area (Å²) in [6.45, 7) is 5.17. The van der Waals surface area contributed by atoms with Crippen LogP contribution in [-0.4, -0.2) is 15.8 Å². The van der Waals surface area contributed by atoms with Crippen molar-refractivity contribution < 1.29 is 0 Å². The van der Waals surface area contributed by atoms with E-state index in [2.05, 4.69) is 17.3 Å². The molecule has 0 saturated heterocycles. The van der Waals surface area contributed by atoms with Crippen LogP contribution < -0.4 is 5.32 Å². The van der Waals surface area contributed by atoms with Crippen LogP contribution in [-0.2, 0) is 13.6 Å². The molecule has 1 aromatic rings. The van der Waals surface area contributed by atoms with Gasteiger partial charge in [0.1, 0.15) is 5.15 Å². The van der Waals surface area contributed by atoms with Gasteiger partial charge in [-0.3, -0.25) is 4.68 Å². The SMILES string of the molecule is CCC1CCCC(NCc2c(C)nn(C)c2Cl)C1. The molecule has 1 heterocycles. The fraction of sp³-hybridized carbons (Fsp3) is 0.786. The zero-order valence-corrected chi connectivity index (χ0v) is 12.4. The Bertz CT molecular complexity index is 400. The third-order valence-corrected chi connectivity index (χ3v) is 4.67. The third-order valence-electron chi connectivity index (χ3n) is 4.20. The van der Waals surface area contributed by atoms with Gasteiger partial charge in [0.05, 0.1) is 5.69 Å². The number of hydrogen-bond acceptors (Lipinski definition) is 2. The van der Waals surface area contributed by atoms with Crippen LogP contribution in [0.5, 0.6) is 0 Å². The van der Waals surface area contributed by atoms with Crippen LogP contribution in [0.2, 0.25) is 5.15 Å². The van der Waals surface area contributed by atoms with E-state index in [0.717, 1.165) is 28.9 Å². The van der Waals surface area contributed by atoms with E-state index < -0.39 is 0 Å². The standard InChI is InChI=1S/C14H24ClN3/c1-4-11-6-5-7-12(8-11)16-9-13-10(2)17-18(3)14(13)15/h11-12,16H,4-9H2,1-3H3. The summed E-state index contributed by atoms with van der Waals surface area (Å²) in [6, 6.07) is 0.652. The molecule has 2 unspecified atom stereocenters. The molecule has 2 atom stereocenters. The third kappa shape index (κ3) is 3.07. The maximum Gasteiger partial charge on any atom is 0.131 e. The molecule has 0 aromatic carbocycles.